The van der Waals surface area contributed by atoms with Crippen LogP contribution in [0.4, 0.5) is 0 Å². The summed E-state index contributed by atoms with van der Waals surface area (Å²) in [6.07, 6.45) is 10.5. The van der Waals surface area contributed by atoms with Gasteiger partial charge in [-0.1, -0.05) is 12.8 Å². The van der Waals surface area contributed by atoms with Crippen molar-refractivity contribution in [1.82, 2.24) is 0 Å². The van der Waals surface area contributed by atoms with Gasteiger partial charge in [-0.25, -0.2) is 0 Å². The normalized spacial score (nSPS) is 49.6. The summed E-state index contributed by atoms with van der Waals surface area (Å²) in [5.41, 5.74) is 6.69. The van der Waals surface area contributed by atoms with Crippen LogP contribution in [0.1, 0.15) is 44.9 Å². The van der Waals surface area contributed by atoms with Crippen LogP contribution in [-0.4, -0.2) is 6.54 Å². The maximum atomic E-state index is 6.07. The Hall–Kier alpha value is -0.0400. The lowest BCUT2D eigenvalue weighted by Gasteiger charge is -2.48. The van der Waals surface area contributed by atoms with Gasteiger partial charge in [0.1, 0.15) is 0 Å². The van der Waals surface area contributed by atoms with Gasteiger partial charge in [-0.3, -0.25) is 0 Å². The van der Waals surface area contributed by atoms with Crippen molar-refractivity contribution in [2.24, 2.45) is 28.9 Å². The Kier molecular flexibility index (Phi) is 1.74. The SMILES string of the molecule is NCC1(C2CCC2)CC2CCC1C2. The molecule has 13 heavy (non-hydrogen) atoms. The largest absolute Gasteiger partial charge is 0.330 e. The molecule has 0 aromatic carbocycles. The molecular formula is C12H21N. The molecule has 3 unspecified atom stereocenters. The lowest BCUT2D eigenvalue weighted by Crippen LogP contribution is -2.45. The van der Waals surface area contributed by atoms with E-state index in [1.54, 1.807) is 0 Å². The number of rotatable bonds is 2. The van der Waals surface area contributed by atoms with Gasteiger partial charge in [-0.2, -0.15) is 0 Å². The highest BCUT2D eigenvalue weighted by Crippen LogP contribution is 2.62. The average Bonchev–Trinajstić information content (AvgIpc) is 2.60. The molecule has 1 heteroatoms. The predicted molar refractivity (Wildman–Crippen MR) is 54.3 cm³/mol. The van der Waals surface area contributed by atoms with Crippen molar-refractivity contribution in [3.05, 3.63) is 0 Å². The highest BCUT2D eigenvalue weighted by atomic mass is 14.7. The van der Waals surface area contributed by atoms with E-state index in [9.17, 15) is 0 Å². The summed E-state index contributed by atoms with van der Waals surface area (Å²) >= 11 is 0. The lowest BCUT2D eigenvalue weighted by molar-refractivity contribution is 0.0317. The third-order valence-electron chi connectivity index (χ3n) is 5.32. The molecule has 74 valence electrons. The van der Waals surface area contributed by atoms with E-state index in [0.717, 1.165) is 24.3 Å². The van der Waals surface area contributed by atoms with E-state index in [4.69, 9.17) is 5.73 Å². The van der Waals surface area contributed by atoms with Crippen molar-refractivity contribution < 1.29 is 0 Å². The molecule has 3 aliphatic carbocycles. The van der Waals surface area contributed by atoms with Gasteiger partial charge >= 0.3 is 0 Å². The Labute approximate surface area is 81.1 Å². The maximum Gasteiger partial charge on any atom is -0.00151 e. The van der Waals surface area contributed by atoms with Crippen LogP contribution >= 0.6 is 0 Å². The Morgan fingerprint density at radius 2 is 1.92 bits per heavy atom. The molecule has 0 radical (unpaired) electrons. The molecule has 3 atom stereocenters. The number of fused-ring (bicyclic) bond motifs is 2. The third-order valence-corrected chi connectivity index (χ3v) is 5.32. The Morgan fingerprint density at radius 3 is 2.31 bits per heavy atom. The quantitative estimate of drug-likeness (QED) is 0.692. The highest BCUT2D eigenvalue weighted by Gasteiger charge is 2.54. The van der Waals surface area contributed by atoms with Gasteiger partial charge in [0.25, 0.3) is 0 Å². The summed E-state index contributed by atoms with van der Waals surface area (Å²) in [6, 6.07) is 0. The first-order chi connectivity index (χ1) is 6.35. The molecule has 2 bridgehead atoms. The minimum absolute atomic E-state index is 0.626. The Bertz CT molecular complexity index is 209. The molecule has 3 aliphatic rings. The summed E-state index contributed by atoms with van der Waals surface area (Å²) in [6.45, 7) is 0.985. The zero-order chi connectivity index (χ0) is 8.89. The van der Waals surface area contributed by atoms with E-state index in [1.807, 2.05) is 0 Å². The van der Waals surface area contributed by atoms with Gasteiger partial charge in [0.2, 0.25) is 0 Å². The van der Waals surface area contributed by atoms with E-state index in [0.29, 0.717) is 5.41 Å². The molecule has 0 aliphatic heterocycles. The first-order valence-electron chi connectivity index (χ1n) is 6.05. The molecule has 3 saturated carbocycles. The van der Waals surface area contributed by atoms with Crippen LogP contribution in [0.5, 0.6) is 0 Å². The molecule has 0 spiro atoms. The van der Waals surface area contributed by atoms with E-state index in [-0.39, 0.29) is 0 Å². The molecule has 0 saturated heterocycles. The zero-order valence-corrected chi connectivity index (χ0v) is 8.47. The van der Waals surface area contributed by atoms with Crippen LogP contribution in [0.15, 0.2) is 0 Å². The monoisotopic (exact) mass is 179 g/mol. The molecule has 1 nitrogen and oxygen atoms in total. The second-order valence-corrected chi connectivity index (χ2v) is 5.65. The predicted octanol–water partition coefficient (Wildman–Crippen LogP) is 2.55. The fourth-order valence-corrected chi connectivity index (χ4v) is 4.39. The Balaban J connectivity index is 1.84. The van der Waals surface area contributed by atoms with Crippen molar-refractivity contribution in [3.8, 4) is 0 Å². The molecular weight excluding hydrogens is 158 g/mol. The maximum absolute atomic E-state index is 6.07. The fraction of sp³-hybridized carbons (Fsp3) is 1.00. The molecule has 0 aromatic heterocycles. The summed E-state index contributed by atoms with van der Waals surface area (Å²) in [7, 11) is 0. The summed E-state index contributed by atoms with van der Waals surface area (Å²) in [5.74, 6) is 3.11. The van der Waals surface area contributed by atoms with Crippen LogP contribution in [-0.2, 0) is 0 Å². The first kappa shape index (κ1) is 8.28. The van der Waals surface area contributed by atoms with E-state index >= 15 is 0 Å². The van der Waals surface area contributed by atoms with Gasteiger partial charge in [-0.15, -0.1) is 0 Å². The van der Waals surface area contributed by atoms with Crippen LogP contribution in [0.2, 0.25) is 0 Å². The van der Waals surface area contributed by atoms with E-state index in [2.05, 4.69) is 0 Å². The van der Waals surface area contributed by atoms with Gasteiger partial charge < -0.3 is 5.73 Å². The smallest absolute Gasteiger partial charge is 0.00151 e. The van der Waals surface area contributed by atoms with Crippen LogP contribution in [0, 0.1) is 23.2 Å². The molecule has 0 amide bonds. The molecule has 0 aromatic rings. The van der Waals surface area contributed by atoms with Gasteiger partial charge in [0, 0.05) is 0 Å². The van der Waals surface area contributed by atoms with Crippen molar-refractivity contribution in [2.75, 3.05) is 6.54 Å². The van der Waals surface area contributed by atoms with Crippen molar-refractivity contribution in [2.45, 2.75) is 44.9 Å². The van der Waals surface area contributed by atoms with Crippen molar-refractivity contribution >= 4 is 0 Å². The molecule has 2 N–H and O–H groups in total. The summed E-state index contributed by atoms with van der Waals surface area (Å²) in [4.78, 5) is 0. The topological polar surface area (TPSA) is 26.0 Å². The van der Waals surface area contributed by atoms with Crippen molar-refractivity contribution in [3.63, 3.8) is 0 Å². The van der Waals surface area contributed by atoms with Crippen LogP contribution in [0.25, 0.3) is 0 Å². The van der Waals surface area contributed by atoms with Crippen LogP contribution in [0.3, 0.4) is 0 Å². The number of hydrogen-bond donors (Lipinski definition) is 1. The highest BCUT2D eigenvalue weighted by molar-refractivity contribution is 5.05. The second kappa shape index (κ2) is 2.73. The summed E-state index contributed by atoms with van der Waals surface area (Å²) < 4.78 is 0. The zero-order valence-electron chi connectivity index (χ0n) is 8.47. The van der Waals surface area contributed by atoms with Gasteiger partial charge in [0.15, 0.2) is 0 Å². The molecule has 3 rings (SSSR count). The summed E-state index contributed by atoms with van der Waals surface area (Å²) in [5, 5.41) is 0. The second-order valence-electron chi connectivity index (χ2n) is 5.65. The number of hydrogen-bond acceptors (Lipinski definition) is 1. The third kappa shape index (κ3) is 0.971. The number of nitrogens with two attached hydrogens (primary N) is 1. The van der Waals surface area contributed by atoms with Crippen molar-refractivity contribution in [1.29, 1.82) is 0 Å². The van der Waals surface area contributed by atoms with Crippen LogP contribution < -0.4 is 5.73 Å². The molecule has 3 fully saturated rings. The standard InChI is InChI=1S/C12H21N/c13-8-12(10-2-1-3-10)7-9-4-5-11(12)6-9/h9-11H,1-8,13H2. The minimum atomic E-state index is 0.626. The Morgan fingerprint density at radius 1 is 1.08 bits per heavy atom. The van der Waals surface area contributed by atoms with E-state index < -0.39 is 0 Å². The lowest BCUT2D eigenvalue weighted by atomic mass is 9.58. The fourth-order valence-electron chi connectivity index (χ4n) is 4.39. The molecule has 0 heterocycles. The van der Waals surface area contributed by atoms with E-state index in [1.165, 1.54) is 44.9 Å². The van der Waals surface area contributed by atoms with Gasteiger partial charge in [0.05, 0.1) is 0 Å². The minimum Gasteiger partial charge on any atom is -0.330 e. The average molecular weight is 179 g/mol. The van der Waals surface area contributed by atoms with Gasteiger partial charge in [-0.05, 0) is 61.8 Å². The first-order valence-corrected chi connectivity index (χ1v) is 6.05.